The van der Waals surface area contributed by atoms with E-state index in [0.29, 0.717) is 22.2 Å². The smallest absolute Gasteiger partial charge is 0.245 e. The largest absolute Gasteiger partial charge is 0.455 e. The third-order valence-corrected chi connectivity index (χ3v) is 5.68. The van der Waals surface area contributed by atoms with Gasteiger partial charge in [0, 0.05) is 5.02 Å². The predicted molar refractivity (Wildman–Crippen MR) is 120 cm³/mol. The SMILES string of the molecule is CS(=O)(=O)N(CC(=O)Nc1cc(Cl)ccc1Oc1ccccc1)c1ccccc1Cl. The Labute approximate surface area is 185 Å². The minimum absolute atomic E-state index is 0.212. The van der Waals surface area contributed by atoms with E-state index in [1.54, 1.807) is 42.5 Å². The van der Waals surface area contributed by atoms with Crippen molar-refractivity contribution in [1.29, 1.82) is 0 Å². The van der Waals surface area contributed by atoms with E-state index in [0.717, 1.165) is 10.6 Å². The van der Waals surface area contributed by atoms with E-state index in [2.05, 4.69) is 5.32 Å². The zero-order chi connectivity index (χ0) is 21.7. The Kier molecular flexibility index (Phi) is 6.87. The lowest BCUT2D eigenvalue weighted by Gasteiger charge is -2.23. The topological polar surface area (TPSA) is 75.7 Å². The molecule has 30 heavy (non-hydrogen) atoms. The van der Waals surface area contributed by atoms with Crippen molar-refractivity contribution in [3.63, 3.8) is 0 Å². The van der Waals surface area contributed by atoms with Crippen molar-refractivity contribution >= 4 is 50.5 Å². The number of hydrogen-bond acceptors (Lipinski definition) is 4. The molecule has 0 saturated heterocycles. The Morgan fingerprint density at radius 1 is 1.00 bits per heavy atom. The molecule has 0 aliphatic rings. The molecule has 0 fully saturated rings. The monoisotopic (exact) mass is 464 g/mol. The summed E-state index contributed by atoms with van der Waals surface area (Å²) in [5, 5.41) is 3.27. The molecule has 1 N–H and O–H groups in total. The van der Waals surface area contributed by atoms with Crippen LogP contribution in [-0.2, 0) is 14.8 Å². The molecule has 0 radical (unpaired) electrons. The van der Waals surface area contributed by atoms with Gasteiger partial charge < -0.3 is 10.1 Å². The highest BCUT2D eigenvalue weighted by molar-refractivity contribution is 7.92. The van der Waals surface area contributed by atoms with Crippen LogP contribution in [0.1, 0.15) is 0 Å². The van der Waals surface area contributed by atoms with Crippen molar-refractivity contribution in [3.8, 4) is 11.5 Å². The third kappa shape index (κ3) is 5.66. The first-order valence-electron chi connectivity index (χ1n) is 8.78. The van der Waals surface area contributed by atoms with Crippen LogP contribution in [0.4, 0.5) is 11.4 Å². The molecule has 3 rings (SSSR count). The summed E-state index contributed by atoms with van der Waals surface area (Å²) in [6, 6.07) is 20.2. The van der Waals surface area contributed by atoms with Crippen LogP contribution in [0, 0.1) is 0 Å². The Morgan fingerprint density at radius 3 is 2.33 bits per heavy atom. The van der Waals surface area contributed by atoms with Gasteiger partial charge in [-0.05, 0) is 42.5 Å². The number of halogens is 2. The van der Waals surface area contributed by atoms with Crippen molar-refractivity contribution in [2.45, 2.75) is 0 Å². The van der Waals surface area contributed by atoms with Crippen LogP contribution >= 0.6 is 23.2 Å². The minimum Gasteiger partial charge on any atom is -0.455 e. The summed E-state index contributed by atoms with van der Waals surface area (Å²) in [4.78, 5) is 12.7. The molecule has 0 aliphatic heterocycles. The van der Waals surface area contributed by atoms with E-state index < -0.39 is 22.5 Å². The summed E-state index contributed by atoms with van der Waals surface area (Å²) in [5.74, 6) is 0.354. The first kappa shape index (κ1) is 22.0. The summed E-state index contributed by atoms with van der Waals surface area (Å²) in [5.41, 5.74) is 0.521. The van der Waals surface area contributed by atoms with Crippen molar-refractivity contribution in [1.82, 2.24) is 0 Å². The number of nitrogens with zero attached hydrogens (tertiary/aromatic N) is 1. The molecule has 0 aliphatic carbocycles. The molecule has 0 spiro atoms. The van der Waals surface area contributed by atoms with Crippen LogP contribution in [0.2, 0.25) is 10.0 Å². The van der Waals surface area contributed by atoms with Gasteiger partial charge in [-0.2, -0.15) is 0 Å². The third-order valence-electron chi connectivity index (χ3n) is 4.00. The minimum atomic E-state index is -3.76. The maximum atomic E-state index is 12.7. The first-order valence-corrected chi connectivity index (χ1v) is 11.4. The second kappa shape index (κ2) is 9.38. The van der Waals surface area contributed by atoms with Crippen molar-refractivity contribution < 1.29 is 17.9 Å². The molecule has 0 saturated carbocycles. The molecule has 3 aromatic rings. The molecule has 6 nitrogen and oxygen atoms in total. The summed E-state index contributed by atoms with van der Waals surface area (Å²) < 4.78 is 31.3. The molecule has 0 heterocycles. The standard InChI is InChI=1S/C21H18Cl2N2O4S/c1-30(27,28)25(19-10-6-5-9-17(19)23)14-21(26)24-18-13-15(22)11-12-20(18)29-16-7-3-2-4-8-16/h2-13H,14H2,1H3,(H,24,26). The van der Waals surface area contributed by atoms with Gasteiger partial charge >= 0.3 is 0 Å². The van der Waals surface area contributed by atoms with Crippen LogP contribution in [0.5, 0.6) is 11.5 Å². The van der Waals surface area contributed by atoms with Crippen LogP contribution in [0.3, 0.4) is 0 Å². The van der Waals surface area contributed by atoms with Gasteiger partial charge in [0.25, 0.3) is 0 Å². The Hall–Kier alpha value is -2.74. The number of anilines is 2. The van der Waals surface area contributed by atoms with Crippen LogP contribution in [-0.4, -0.2) is 27.1 Å². The second-order valence-corrected chi connectivity index (χ2v) is 9.08. The van der Waals surface area contributed by atoms with Gasteiger partial charge in [-0.1, -0.05) is 53.5 Å². The lowest BCUT2D eigenvalue weighted by atomic mass is 10.2. The summed E-state index contributed by atoms with van der Waals surface area (Å²) >= 11 is 12.2. The van der Waals surface area contributed by atoms with E-state index in [1.807, 2.05) is 18.2 Å². The number of carbonyl (C=O) groups is 1. The van der Waals surface area contributed by atoms with E-state index in [-0.39, 0.29) is 10.7 Å². The molecule has 0 unspecified atom stereocenters. The van der Waals surface area contributed by atoms with Gasteiger partial charge in [-0.15, -0.1) is 0 Å². The summed E-state index contributed by atoms with van der Waals surface area (Å²) in [6.07, 6.45) is 1.01. The molecule has 1 amide bonds. The molecular formula is C21H18Cl2N2O4S. The van der Waals surface area contributed by atoms with Gasteiger partial charge in [-0.25, -0.2) is 8.42 Å². The number of amides is 1. The molecular weight excluding hydrogens is 447 g/mol. The van der Waals surface area contributed by atoms with Gasteiger partial charge in [0.05, 0.1) is 22.7 Å². The number of nitrogens with one attached hydrogen (secondary N) is 1. The Morgan fingerprint density at radius 2 is 1.67 bits per heavy atom. The predicted octanol–water partition coefficient (Wildman–Crippen LogP) is 5.19. The van der Waals surface area contributed by atoms with Crippen LogP contribution < -0.4 is 14.4 Å². The molecule has 9 heteroatoms. The number of benzene rings is 3. The maximum absolute atomic E-state index is 12.7. The lowest BCUT2D eigenvalue weighted by Crippen LogP contribution is -2.37. The van der Waals surface area contributed by atoms with Gasteiger partial charge in [-0.3, -0.25) is 9.10 Å². The van der Waals surface area contributed by atoms with E-state index in [1.165, 1.54) is 12.1 Å². The Balaban J connectivity index is 1.84. The molecule has 3 aromatic carbocycles. The van der Waals surface area contributed by atoms with E-state index in [9.17, 15) is 13.2 Å². The highest BCUT2D eigenvalue weighted by atomic mass is 35.5. The average Bonchev–Trinajstić information content (AvgIpc) is 2.69. The quantitative estimate of drug-likeness (QED) is 0.521. The highest BCUT2D eigenvalue weighted by Crippen LogP contribution is 2.32. The van der Waals surface area contributed by atoms with Crippen molar-refractivity contribution in [2.75, 3.05) is 22.4 Å². The van der Waals surface area contributed by atoms with Crippen LogP contribution in [0.15, 0.2) is 72.8 Å². The number of para-hydroxylation sites is 2. The number of sulfonamides is 1. The number of ether oxygens (including phenoxy) is 1. The number of carbonyl (C=O) groups excluding carboxylic acids is 1. The maximum Gasteiger partial charge on any atom is 0.245 e. The van der Waals surface area contributed by atoms with Crippen LogP contribution in [0.25, 0.3) is 0 Å². The number of rotatable bonds is 7. The second-order valence-electron chi connectivity index (χ2n) is 6.32. The van der Waals surface area contributed by atoms with E-state index >= 15 is 0 Å². The zero-order valence-corrected chi connectivity index (χ0v) is 18.2. The molecule has 0 bridgehead atoms. The fourth-order valence-electron chi connectivity index (χ4n) is 2.66. The average molecular weight is 465 g/mol. The molecule has 0 aromatic heterocycles. The van der Waals surface area contributed by atoms with Gasteiger partial charge in [0.15, 0.2) is 5.75 Å². The zero-order valence-electron chi connectivity index (χ0n) is 15.9. The normalized spacial score (nSPS) is 11.0. The lowest BCUT2D eigenvalue weighted by molar-refractivity contribution is -0.114. The molecule has 0 atom stereocenters. The van der Waals surface area contributed by atoms with Gasteiger partial charge in [0.1, 0.15) is 12.3 Å². The van der Waals surface area contributed by atoms with Gasteiger partial charge in [0.2, 0.25) is 15.9 Å². The first-order chi connectivity index (χ1) is 14.2. The fraction of sp³-hybridized carbons (Fsp3) is 0.0952. The van der Waals surface area contributed by atoms with E-state index in [4.69, 9.17) is 27.9 Å². The van der Waals surface area contributed by atoms with Crippen molar-refractivity contribution in [2.24, 2.45) is 0 Å². The number of hydrogen-bond donors (Lipinski definition) is 1. The van der Waals surface area contributed by atoms with Crippen molar-refractivity contribution in [3.05, 3.63) is 82.8 Å². The summed E-state index contributed by atoms with van der Waals surface area (Å²) in [7, 11) is -3.76. The fourth-order valence-corrected chi connectivity index (χ4v) is 3.99. The Bertz CT molecular complexity index is 1150. The summed E-state index contributed by atoms with van der Waals surface area (Å²) in [6.45, 7) is -0.472. The highest BCUT2D eigenvalue weighted by Gasteiger charge is 2.23. The molecule has 156 valence electrons.